The van der Waals surface area contributed by atoms with E-state index in [1.165, 1.54) is 0 Å². The van der Waals surface area contributed by atoms with Crippen molar-refractivity contribution < 1.29 is 14.3 Å². The molecule has 2 unspecified atom stereocenters. The highest BCUT2D eigenvalue weighted by Gasteiger charge is 2.44. The van der Waals surface area contributed by atoms with Crippen LogP contribution < -0.4 is 0 Å². The number of aromatic nitrogens is 1. The van der Waals surface area contributed by atoms with Gasteiger partial charge in [-0.15, -0.1) is 0 Å². The maximum absolute atomic E-state index is 11.4. The van der Waals surface area contributed by atoms with Gasteiger partial charge in [0.2, 0.25) is 5.89 Å². The first-order chi connectivity index (χ1) is 17.2. The third kappa shape index (κ3) is 4.34. The molecule has 4 nitrogen and oxygen atoms in total. The molecule has 0 saturated heterocycles. The molecule has 178 valence electrons. The molecular weight excluding hydrogens is 446 g/mol. The van der Waals surface area contributed by atoms with Crippen LogP contribution in [0.3, 0.4) is 0 Å². The van der Waals surface area contributed by atoms with Crippen molar-refractivity contribution in [3.05, 3.63) is 115 Å². The predicted octanol–water partition coefficient (Wildman–Crippen LogP) is 8.17. The van der Waals surface area contributed by atoms with Crippen LogP contribution in [0, 0.1) is 5.92 Å². The summed E-state index contributed by atoms with van der Waals surface area (Å²) in [5.41, 5.74) is 6.75. The van der Waals surface area contributed by atoms with Gasteiger partial charge in [-0.05, 0) is 35.1 Å². The molecule has 4 heteroatoms. The first-order valence-electron chi connectivity index (χ1n) is 11.7. The zero-order valence-electron chi connectivity index (χ0n) is 19.0. The summed E-state index contributed by atoms with van der Waals surface area (Å²) < 4.78 is 6.45. The molecule has 0 spiro atoms. The molecule has 1 aliphatic rings. The molecule has 5 aromatic rings. The minimum absolute atomic E-state index is 0. The third-order valence-corrected chi connectivity index (χ3v) is 6.60. The normalized spacial score (nSPS) is 16.2. The second kappa shape index (κ2) is 9.67. The van der Waals surface area contributed by atoms with Crippen molar-refractivity contribution in [1.82, 2.24) is 4.98 Å². The molecule has 36 heavy (non-hydrogen) atoms. The smallest absolute Gasteiger partial charge is 0.307 e. The van der Waals surface area contributed by atoms with E-state index < -0.39 is 5.97 Å². The monoisotopic (exact) mass is 473 g/mol. The van der Waals surface area contributed by atoms with Crippen LogP contribution in [0.5, 0.6) is 0 Å². The number of hydrogen-bond donors (Lipinski definition) is 1. The van der Waals surface area contributed by atoms with E-state index in [1.807, 2.05) is 91.0 Å². The van der Waals surface area contributed by atoms with Crippen LogP contribution in [0.25, 0.3) is 45.2 Å². The maximum Gasteiger partial charge on any atom is 0.307 e. The average Bonchev–Trinajstić information content (AvgIpc) is 3.61. The zero-order chi connectivity index (χ0) is 23.8. The Morgan fingerprint density at radius 1 is 0.750 bits per heavy atom. The number of aliphatic carboxylic acids is 1. The largest absolute Gasteiger partial charge is 0.481 e. The van der Waals surface area contributed by atoms with Crippen LogP contribution in [-0.2, 0) is 4.79 Å². The number of carboxylic acids is 1. The van der Waals surface area contributed by atoms with E-state index in [1.54, 1.807) is 0 Å². The van der Waals surface area contributed by atoms with E-state index in [2.05, 4.69) is 18.2 Å². The van der Waals surface area contributed by atoms with E-state index >= 15 is 0 Å². The van der Waals surface area contributed by atoms with Crippen LogP contribution in [0.15, 0.2) is 114 Å². The van der Waals surface area contributed by atoms with Crippen molar-refractivity contribution in [2.45, 2.75) is 19.8 Å². The summed E-state index contributed by atoms with van der Waals surface area (Å²) in [5, 5.41) is 9.36. The summed E-state index contributed by atoms with van der Waals surface area (Å²) in [5.74, 6) is 0.364. The molecule has 1 saturated carbocycles. The highest BCUT2D eigenvalue weighted by atomic mass is 16.4. The van der Waals surface area contributed by atoms with E-state index in [9.17, 15) is 9.90 Å². The third-order valence-electron chi connectivity index (χ3n) is 6.60. The zero-order valence-corrected chi connectivity index (χ0v) is 19.0. The molecule has 4 aromatic carbocycles. The minimum atomic E-state index is -0.720. The van der Waals surface area contributed by atoms with Crippen molar-refractivity contribution in [3.63, 3.8) is 0 Å². The SMILES string of the molecule is C.O=C(O)C1CC1c1cccc(-c2ccccc2-c2nc(-c3ccccc3)c(-c3ccccc3)o2)c1. The fourth-order valence-corrected chi connectivity index (χ4v) is 4.71. The van der Waals surface area contributed by atoms with Crippen molar-refractivity contribution in [2.24, 2.45) is 5.92 Å². The van der Waals surface area contributed by atoms with Gasteiger partial charge in [0.05, 0.1) is 5.92 Å². The molecular formula is C32H27NO3. The second-order valence-corrected chi connectivity index (χ2v) is 8.89. The Labute approximate surface area is 210 Å². The Hall–Kier alpha value is -4.44. The Morgan fingerprint density at radius 3 is 2.03 bits per heavy atom. The maximum atomic E-state index is 11.4. The molecule has 0 bridgehead atoms. The molecule has 1 N–H and O–H groups in total. The van der Waals surface area contributed by atoms with Crippen molar-refractivity contribution in [1.29, 1.82) is 0 Å². The number of carbonyl (C=O) groups is 1. The molecule has 2 atom stereocenters. The number of benzene rings is 4. The number of hydrogen-bond acceptors (Lipinski definition) is 3. The van der Waals surface area contributed by atoms with Gasteiger partial charge in [0.1, 0.15) is 5.69 Å². The van der Waals surface area contributed by atoms with Gasteiger partial charge in [-0.1, -0.05) is 111 Å². The molecule has 1 fully saturated rings. The Balaban J connectivity index is 0.00000267. The van der Waals surface area contributed by atoms with Crippen molar-refractivity contribution >= 4 is 5.97 Å². The van der Waals surface area contributed by atoms with Crippen LogP contribution in [-0.4, -0.2) is 16.1 Å². The van der Waals surface area contributed by atoms with Gasteiger partial charge in [-0.3, -0.25) is 4.79 Å². The topological polar surface area (TPSA) is 63.3 Å². The first kappa shape index (κ1) is 23.3. The van der Waals surface area contributed by atoms with Gasteiger partial charge in [-0.2, -0.15) is 0 Å². The molecule has 1 heterocycles. The predicted molar refractivity (Wildman–Crippen MR) is 143 cm³/mol. The van der Waals surface area contributed by atoms with Gasteiger partial charge in [0.25, 0.3) is 0 Å². The van der Waals surface area contributed by atoms with Crippen molar-refractivity contribution in [3.8, 4) is 45.2 Å². The summed E-state index contributed by atoms with van der Waals surface area (Å²) >= 11 is 0. The summed E-state index contributed by atoms with van der Waals surface area (Å²) in [6, 6.07) is 36.3. The Bertz CT molecular complexity index is 1450. The summed E-state index contributed by atoms with van der Waals surface area (Å²) in [7, 11) is 0. The summed E-state index contributed by atoms with van der Waals surface area (Å²) in [6.45, 7) is 0. The second-order valence-electron chi connectivity index (χ2n) is 8.89. The van der Waals surface area contributed by atoms with Gasteiger partial charge < -0.3 is 9.52 Å². The Morgan fingerprint density at radius 2 is 1.36 bits per heavy atom. The lowest BCUT2D eigenvalue weighted by Crippen LogP contribution is -1.99. The van der Waals surface area contributed by atoms with Gasteiger partial charge in [-0.25, -0.2) is 4.98 Å². The standard InChI is InChI=1S/C31H23NO3.CH4/c33-31(34)27-19-26(27)23-15-9-14-22(18-23)24-16-7-8-17-25(24)30-32-28(20-10-3-1-4-11-20)29(35-30)21-12-5-2-6-13-21;/h1-18,26-27H,19H2,(H,33,34);1H4. The lowest BCUT2D eigenvalue weighted by Gasteiger charge is -2.09. The minimum Gasteiger partial charge on any atom is -0.481 e. The highest BCUT2D eigenvalue weighted by molar-refractivity contribution is 5.84. The van der Waals surface area contributed by atoms with E-state index in [0.717, 1.165) is 44.8 Å². The first-order valence-corrected chi connectivity index (χ1v) is 11.7. The van der Waals surface area contributed by atoms with Crippen LogP contribution >= 0.6 is 0 Å². The fourth-order valence-electron chi connectivity index (χ4n) is 4.71. The molecule has 0 radical (unpaired) electrons. The van der Waals surface area contributed by atoms with Crippen molar-refractivity contribution in [2.75, 3.05) is 0 Å². The van der Waals surface area contributed by atoms with Gasteiger partial charge in [0, 0.05) is 16.7 Å². The number of carboxylic acid groups (broad SMARTS) is 1. The quantitative estimate of drug-likeness (QED) is 0.270. The molecule has 1 aliphatic carbocycles. The average molecular weight is 474 g/mol. The van der Waals surface area contributed by atoms with Gasteiger partial charge in [0.15, 0.2) is 5.76 Å². The highest BCUT2D eigenvalue weighted by Crippen LogP contribution is 2.48. The van der Waals surface area contributed by atoms with Gasteiger partial charge >= 0.3 is 5.97 Å². The van der Waals surface area contributed by atoms with E-state index in [0.29, 0.717) is 12.3 Å². The Kier molecular flexibility index (Phi) is 6.26. The fraction of sp³-hybridized carbons (Fsp3) is 0.125. The van der Waals surface area contributed by atoms with E-state index in [4.69, 9.17) is 9.40 Å². The number of rotatable bonds is 6. The molecule has 0 amide bonds. The lowest BCUT2D eigenvalue weighted by atomic mass is 9.96. The molecule has 1 aromatic heterocycles. The lowest BCUT2D eigenvalue weighted by molar-refractivity contribution is -0.138. The summed E-state index contributed by atoms with van der Waals surface area (Å²) in [6.07, 6.45) is 0.695. The van der Waals surface area contributed by atoms with Crippen LogP contribution in [0.1, 0.15) is 25.3 Å². The van der Waals surface area contributed by atoms with E-state index in [-0.39, 0.29) is 19.3 Å². The van der Waals surface area contributed by atoms with Crippen LogP contribution in [0.2, 0.25) is 0 Å². The number of nitrogens with zero attached hydrogens (tertiary/aromatic N) is 1. The number of oxazole rings is 1. The molecule has 6 rings (SSSR count). The molecule has 0 aliphatic heterocycles. The summed E-state index contributed by atoms with van der Waals surface area (Å²) in [4.78, 5) is 16.4. The van der Waals surface area contributed by atoms with Crippen LogP contribution in [0.4, 0.5) is 0 Å².